The number of hydrogen-bond donors (Lipinski definition) is 1. The van der Waals surface area contributed by atoms with Gasteiger partial charge >= 0.3 is 0 Å². The van der Waals surface area contributed by atoms with Crippen LogP contribution in [0.3, 0.4) is 0 Å². The second-order valence-corrected chi connectivity index (χ2v) is 5.12. The standard InChI is InChI=1S/C9H11F2NO2S/c10-4-1-5-15(13,14)9-6-7(11)2-3-8(9)12/h2-3,6H,1,4-5,12H2. The smallest absolute Gasteiger partial charge is 0.180 e. The SMILES string of the molecule is Nc1ccc(F)cc1S(=O)(=O)CCCF. The van der Waals surface area contributed by atoms with Crippen molar-refractivity contribution in [3.63, 3.8) is 0 Å². The highest BCUT2D eigenvalue weighted by Crippen LogP contribution is 2.21. The normalized spacial score (nSPS) is 11.6. The van der Waals surface area contributed by atoms with Gasteiger partial charge < -0.3 is 5.73 Å². The van der Waals surface area contributed by atoms with Crippen LogP contribution in [0.25, 0.3) is 0 Å². The minimum atomic E-state index is -3.68. The molecule has 0 aliphatic rings. The highest BCUT2D eigenvalue weighted by Gasteiger charge is 2.17. The van der Waals surface area contributed by atoms with Crippen LogP contribution in [0, 0.1) is 5.82 Å². The lowest BCUT2D eigenvalue weighted by molar-refractivity contribution is 0.484. The zero-order valence-corrected chi connectivity index (χ0v) is 8.73. The van der Waals surface area contributed by atoms with E-state index in [1.165, 1.54) is 6.07 Å². The molecule has 0 atom stereocenters. The van der Waals surface area contributed by atoms with Crippen LogP contribution >= 0.6 is 0 Å². The van der Waals surface area contributed by atoms with Crippen molar-refractivity contribution in [3.05, 3.63) is 24.0 Å². The van der Waals surface area contributed by atoms with Crippen molar-refractivity contribution in [1.29, 1.82) is 0 Å². The predicted octanol–water partition coefficient (Wildman–Crippen LogP) is 1.54. The maximum atomic E-state index is 12.8. The van der Waals surface area contributed by atoms with Crippen molar-refractivity contribution < 1.29 is 17.2 Å². The van der Waals surface area contributed by atoms with Gasteiger partial charge in [0.15, 0.2) is 9.84 Å². The minimum Gasteiger partial charge on any atom is -0.398 e. The van der Waals surface area contributed by atoms with E-state index in [4.69, 9.17) is 5.73 Å². The van der Waals surface area contributed by atoms with E-state index in [0.29, 0.717) is 0 Å². The maximum Gasteiger partial charge on any atom is 0.180 e. The van der Waals surface area contributed by atoms with E-state index in [9.17, 15) is 17.2 Å². The van der Waals surface area contributed by atoms with Gasteiger partial charge in [0.1, 0.15) is 5.82 Å². The van der Waals surface area contributed by atoms with E-state index in [1.807, 2.05) is 0 Å². The van der Waals surface area contributed by atoms with Crippen molar-refractivity contribution in [2.75, 3.05) is 18.2 Å². The highest BCUT2D eigenvalue weighted by molar-refractivity contribution is 7.91. The van der Waals surface area contributed by atoms with Crippen LogP contribution in [0.2, 0.25) is 0 Å². The summed E-state index contributed by atoms with van der Waals surface area (Å²) in [5.74, 6) is -1.04. The fraction of sp³-hybridized carbons (Fsp3) is 0.333. The molecule has 0 saturated heterocycles. The topological polar surface area (TPSA) is 60.2 Å². The van der Waals surface area contributed by atoms with Crippen LogP contribution < -0.4 is 5.73 Å². The van der Waals surface area contributed by atoms with E-state index in [-0.39, 0.29) is 22.8 Å². The molecule has 2 N–H and O–H groups in total. The van der Waals surface area contributed by atoms with Gasteiger partial charge in [-0.3, -0.25) is 4.39 Å². The third-order valence-electron chi connectivity index (χ3n) is 1.86. The Morgan fingerprint density at radius 1 is 1.33 bits per heavy atom. The molecule has 6 heteroatoms. The first kappa shape index (κ1) is 11.9. The molecule has 0 spiro atoms. The Morgan fingerprint density at radius 2 is 2.00 bits per heavy atom. The van der Waals surface area contributed by atoms with E-state index >= 15 is 0 Å². The third-order valence-corrected chi connectivity index (χ3v) is 3.71. The van der Waals surface area contributed by atoms with E-state index in [0.717, 1.165) is 12.1 Å². The molecule has 1 rings (SSSR count). The van der Waals surface area contributed by atoms with E-state index in [2.05, 4.69) is 0 Å². The molecule has 0 radical (unpaired) electrons. The number of nitrogens with two attached hydrogens (primary N) is 1. The molecule has 1 aromatic rings. The molecule has 84 valence electrons. The maximum absolute atomic E-state index is 12.8. The van der Waals surface area contributed by atoms with Gasteiger partial charge in [-0.15, -0.1) is 0 Å². The molecule has 0 aliphatic heterocycles. The molecule has 0 aromatic heterocycles. The van der Waals surface area contributed by atoms with Gasteiger partial charge in [-0.2, -0.15) is 0 Å². The molecule has 15 heavy (non-hydrogen) atoms. The van der Waals surface area contributed by atoms with Gasteiger partial charge in [0.2, 0.25) is 0 Å². The summed E-state index contributed by atoms with van der Waals surface area (Å²) in [7, 11) is -3.68. The summed E-state index contributed by atoms with van der Waals surface area (Å²) in [6.45, 7) is -0.728. The highest BCUT2D eigenvalue weighted by atomic mass is 32.2. The summed E-state index contributed by atoms with van der Waals surface area (Å²) in [6.07, 6.45) is -0.113. The van der Waals surface area contributed by atoms with Gasteiger partial charge in [0.05, 0.1) is 23.0 Å². The number of anilines is 1. The van der Waals surface area contributed by atoms with E-state index in [1.54, 1.807) is 0 Å². The molecule has 0 bridgehead atoms. The average Bonchev–Trinajstić information content (AvgIpc) is 2.18. The second-order valence-electron chi connectivity index (χ2n) is 3.04. The number of benzene rings is 1. The van der Waals surface area contributed by atoms with Gasteiger partial charge in [-0.1, -0.05) is 0 Å². The van der Waals surface area contributed by atoms with Crippen molar-refractivity contribution in [1.82, 2.24) is 0 Å². The van der Waals surface area contributed by atoms with Crippen LogP contribution in [-0.4, -0.2) is 20.8 Å². The molecule has 0 heterocycles. The van der Waals surface area contributed by atoms with Crippen LogP contribution in [-0.2, 0) is 9.84 Å². The van der Waals surface area contributed by atoms with Crippen LogP contribution in [0.4, 0.5) is 14.5 Å². The monoisotopic (exact) mass is 235 g/mol. The van der Waals surface area contributed by atoms with Crippen molar-refractivity contribution >= 4 is 15.5 Å². The lowest BCUT2D eigenvalue weighted by Gasteiger charge is -2.06. The van der Waals surface area contributed by atoms with E-state index < -0.39 is 22.3 Å². The Bertz CT molecular complexity index is 445. The van der Waals surface area contributed by atoms with Crippen LogP contribution in [0.15, 0.2) is 23.1 Å². The molecular weight excluding hydrogens is 224 g/mol. The summed E-state index contributed by atoms with van der Waals surface area (Å²) >= 11 is 0. The molecule has 0 fully saturated rings. The fourth-order valence-electron chi connectivity index (χ4n) is 1.13. The molecule has 0 saturated carbocycles. The quantitative estimate of drug-likeness (QED) is 0.805. The first-order valence-corrected chi connectivity index (χ1v) is 5.96. The first-order chi connectivity index (χ1) is 6.97. The van der Waals surface area contributed by atoms with Crippen LogP contribution in [0.5, 0.6) is 0 Å². The van der Waals surface area contributed by atoms with Gasteiger partial charge in [-0.25, -0.2) is 12.8 Å². The average molecular weight is 235 g/mol. The van der Waals surface area contributed by atoms with Crippen molar-refractivity contribution in [3.8, 4) is 0 Å². The lowest BCUT2D eigenvalue weighted by atomic mass is 10.3. The van der Waals surface area contributed by atoms with Crippen LogP contribution in [0.1, 0.15) is 6.42 Å². The zero-order chi connectivity index (χ0) is 11.5. The summed E-state index contributed by atoms with van der Waals surface area (Å²) < 4.78 is 47.8. The number of hydrogen-bond acceptors (Lipinski definition) is 3. The summed E-state index contributed by atoms with van der Waals surface area (Å²) in [5, 5.41) is 0. The Morgan fingerprint density at radius 3 is 2.60 bits per heavy atom. The Kier molecular flexibility index (Phi) is 3.62. The van der Waals surface area contributed by atoms with Gasteiger partial charge in [-0.05, 0) is 24.6 Å². The fourth-order valence-corrected chi connectivity index (χ4v) is 2.56. The Hall–Kier alpha value is -1.17. The second kappa shape index (κ2) is 4.57. The van der Waals surface area contributed by atoms with Crippen molar-refractivity contribution in [2.45, 2.75) is 11.3 Å². The minimum absolute atomic E-state index is 0.0183. The summed E-state index contributed by atoms with van der Waals surface area (Å²) in [6, 6.07) is 3.10. The number of alkyl halides is 1. The van der Waals surface area contributed by atoms with Crippen molar-refractivity contribution in [2.24, 2.45) is 0 Å². The predicted molar refractivity (Wildman–Crippen MR) is 53.5 cm³/mol. The molecule has 0 unspecified atom stereocenters. The lowest BCUT2D eigenvalue weighted by Crippen LogP contribution is -2.10. The number of sulfone groups is 1. The Labute approximate surface area is 86.8 Å². The number of rotatable bonds is 4. The molecule has 3 nitrogen and oxygen atoms in total. The van der Waals surface area contributed by atoms with Gasteiger partial charge in [0, 0.05) is 0 Å². The molecular formula is C9H11F2NO2S. The third kappa shape index (κ3) is 2.89. The number of nitrogen functional groups attached to an aromatic ring is 1. The molecule has 1 aromatic carbocycles. The zero-order valence-electron chi connectivity index (χ0n) is 7.91. The number of halogens is 2. The summed E-state index contributed by atoms with van der Waals surface area (Å²) in [4.78, 5) is -0.268. The first-order valence-electron chi connectivity index (χ1n) is 4.31. The Balaban J connectivity index is 3.09. The molecule has 0 aliphatic carbocycles. The van der Waals surface area contributed by atoms with Gasteiger partial charge in [0.25, 0.3) is 0 Å². The largest absolute Gasteiger partial charge is 0.398 e. The summed E-state index contributed by atoms with van der Waals surface area (Å²) in [5.41, 5.74) is 5.39. The molecule has 0 amide bonds.